The van der Waals surface area contributed by atoms with Gasteiger partial charge in [0.1, 0.15) is 9.96 Å². The Kier molecular flexibility index (Phi) is 6.14. The second-order valence-corrected chi connectivity index (χ2v) is 7.50. The Morgan fingerprint density at radius 1 is 1.22 bits per heavy atom. The first-order valence-electron chi connectivity index (χ1n) is 7.08. The normalized spacial score (nSPS) is 11.2. The average molecular weight is 354 g/mol. The predicted molar refractivity (Wildman–Crippen MR) is 90.4 cm³/mol. The van der Waals surface area contributed by atoms with E-state index in [-0.39, 0.29) is 23.1 Å². The molecule has 0 unspecified atom stereocenters. The summed E-state index contributed by atoms with van der Waals surface area (Å²) in [5.74, 6) is 0.300. The van der Waals surface area contributed by atoms with Crippen molar-refractivity contribution in [3.8, 4) is 5.75 Å². The fourth-order valence-corrected chi connectivity index (χ4v) is 3.92. The summed E-state index contributed by atoms with van der Waals surface area (Å²) in [6.45, 7) is 2.38. The van der Waals surface area contributed by atoms with Gasteiger partial charge in [0.2, 0.25) is 15.9 Å². The number of para-hydroxylation sites is 2. The molecular weight excluding hydrogens is 336 g/mol. The number of benzene rings is 1. The Labute approximate surface area is 139 Å². The molecule has 0 aliphatic carbocycles. The van der Waals surface area contributed by atoms with Crippen LogP contribution in [-0.4, -0.2) is 27.5 Å². The molecule has 0 radical (unpaired) electrons. The van der Waals surface area contributed by atoms with Crippen molar-refractivity contribution in [1.29, 1.82) is 0 Å². The molecule has 0 aliphatic heterocycles. The van der Waals surface area contributed by atoms with Crippen LogP contribution in [0.25, 0.3) is 0 Å². The van der Waals surface area contributed by atoms with Gasteiger partial charge in [-0.3, -0.25) is 4.79 Å². The first-order chi connectivity index (χ1) is 11.0. The molecule has 0 fully saturated rings. The molecule has 124 valence electrons. The zero-order chi connectivity index (χ0) is 16.7. The van der Waals surface area contributed by atoms with E-state index < -0.39 is 10.0 Å². The third kappa shape index (κ3) is 5.05. The maximum absolute atomic E-state index is 11.9. The molecule has 1 aromatic carbocycles. The van der Waals surface area contributed by atoms with E-state index in [4.69, 9.17) is 4.74 Å². The van der Waals surface area contributed by atoms with Crippen LogP contribution in [0.3, 0.4) is 0 Å². The van der Waals surface area contributed by atoms with E-state index in [1.165, 1.54) is 6.07 Å². The minimum atomic E-state index is -3.54. The zero-order valence-corrected chi connectivity index (χ0v) is 14.2. The van der Waals surface area contributed by atoms with Crippen molar-refractivity contribution in [2.45, 2.75) is 17.6 Å². The third-order valence-electron chi connectivity index (χ3n) is 2.87. The van der Waals surface area contributed by atoms with Crippen molar-refractivity contribution in [1.82, 2.24) is 4.72 Å². The monoisotopic (exact) mass is 354 g/mol. The van der Waals surface area contributed by atoms with Gasteiger partial charge in [0.05, 0.1) is 12.3 Å². The summed E-state index contributed by atoms with van der Waals surface area (Å²) in [5.41, 5.74) is 0.570. The highest BCUT2D eigenvalue weighted by Crippen LogP contribution is 2.23. The van der Waals surface area contributed by atoms with Gasteiger partial charge >= 0.3 is 0 Å². The molecule has 1 aromatic heterocycles. The van der Waals surface area contributed by atoms with Gasteiger partial charge in [-0.25, -0.2) is 13.1 Å². The first-order valence-corrected chi connectivity index (χ1v) is 9.44. The van der Waals surface area contributed by atoms with Crippen LogP contribution in [0.2, 0.25) is 0 Å². The summed E-state index contributed by atoms with van der Waals surface area (Å²) in [5, 5.41) is 4.41. The molecule has 2 aromatic rings. The summed E-state index contributed by atoms with van der Waals surface area (Å²) in [7, 11) is -3.54. The van der Waals surface area contributed by atoms with Crippen molar-refractivity contribution in [2.75, 3.05) is 18.5 Å². The number of amides is 1. The maximum Gasteiger partial charge on any atom is 0.250 e. The molecule has 6 nitrogen and oxygen atoms in total. The highest BCUT2D eigenvalue weighted by Gasteiger charge is 2.15. The number of nitrogens with one attached hydrogen (secondary N) is 2. The van der Waals surface area contributed by atoms with Gasteiger partial charge < -0.3 is 10.1 Å². The summed E-state index contributed by atoms with van der Waals surface area (Å²) >= 11 is 1.13. The number of ether oxygens (including phenoxy) is 1. The van der Waals surface area contributed by atoms with Gasteiger partial charge in [0.25, 0.3) is 0 Å². The SMILES string of the molecule is CCOc1ccccc1NC(=O)CCNS(=O)(=O)c1cccs1. The van der Waals surface area contributed by atoms with Crippen LogP contribution in [0, 0.1) is 0 Å². The lowest BCUT2D eigenvalue weighted by Crippen LogP contribution is -2.27. The van der Waals surface area contributed by atoms with Crippen LogP contribution in [0.15, 0.2) is 46.0 Å². The Hall–Kier alpha value is -1.90. The summed E-state index contributed by atoms with van der Waals surface area (Å²) in [4.78, 5) is 11.9. The van der Waals surface area contributed by atoms with Crippen LogP contribution in [0.1, 0.15) is 13.3 Å². The van der Waals surface area contributed by atoms with Crippen molar-refractivity contribution in [3.05, 3.63) is 41.8 Å². The second-order valence-electron chi connectivity index (χ2n) is 4.56. The van der Waals surface area contributed by atoms with Gasteiger partial charge in [0, 0.05) is 13.0 Å². The maximum atomic E-state index is 11.9. The molecule has 8 heteroatoms. The Morgan fingerprint density at radius 3 is 2.70 bits per heavy atom. The highest BCUT2D eigenvalue weighted by atomic mass is 32.2. The van der Waals surface area contributed by atoms with E-state index >= 15 is 0 Å². The minimum Gasteiger partial charge on any atom is -0.492 e. The topological polar surface area (TPSA) is 84.5 Å². The predicted octanol–water partition coefficient (Wildman–Crippen LogP) is 2.45. The molecule has 23 heavy (non-hydrogen) atoms. The second kappa shape index (κ2) is 8.09. The third-order valence-corrected chi connectivity index (χ3v) is 5.72. The van der Waals surface area contributed by atoms with Gasteiger partial charge in [-0.2, -0.15) is 0 Å². The quantitative estimate of drug-likeness (QED) is 0.763. The molecular formula is C15H18N2O4S2. The van der Waals surface area contributed by atoms with E-state index in [0.29, 0.717) is 18.0 Å². The number of carbonyl (C=O) groups is 1. The van der Waals surface area contributed by atoms with Crippen LogP contribution in [0.4, 0.5) is 5.69 Å². The first kappa shape index (κ1) is 17.5. The molecule has 0 bridgehead atoms. The number of carbonyl (C=O) groups excluding carboxylic acids is 1. The van der Waals surface area contributed by atoms with E-state index in [2.05, 4.69) is 10.0 Å². The van der Waals surface area contributed by atoms with Gasteiger partial charge in [-0.1, -0.05) is 18.2 Å². The zero-order valence-electron chi connectivity index (χ0n) is 12.6. The number of thiophene rings is 1. The van der Waals surface area contributed by atoms with Gasteiger partial charge in [0.15, 0.2) is 0 Å². The summed E-state index contributed by atoms with van der Waals surface area (Å²) in [6, 6.07) is 10.3. The van der Waals surface area contributed by atoms with Crippen molar-refractivity contribution < 1.29 is 17.9 Å². The van der Waals surface area contributed by atoms with Crippen LogP contribution in [0.5, 0.6) is 5.75 Å². The van der Waals surface area contributed by atoms with Crippen LogP contribution < -0.4 is 14.8 Å². The molecule has 0 aliphatic rings. The van der Waals surface area contributed by atoms with Crippen molar-refractivity contribution in [2.24, 2.45) is 0 Å². The molecule has 0 atom stereocenters. The molecule has 2 rings (SSSR count). The lowest BCUT2D eigenvalue weighted by molar-refractivity contribution is -0.116. The molecule has 0 saturated heterocycles. The van der Waals surface area contributed by atoms with Gasteiger partial charge in [-0.05, 0) is 30.5 Å². The Morgan fingerprint density at radius 2 is 2.00 bits per heavy atom. The standard InChI is InChI=1S/C15H18N2O4S2/c1-2-21-13-7-4-3-6-12(13)17-14(18)9-10-16-23(19,20)15-8-5-11-22-15/h3-8,11,16H,2,9-10H2,1H3,(H,17,18). The number of hydrogen-bond donors (Lipinski definition) is 2. The summed E-state index contributed by atoms with van der Waals surface area (Å²) in [6.07, 6.45) is 0.0328. The number of sulfonamides is 1. The molecule has 0 saturated carbocycles. The van der Waals surface area contributed by atoms with Gasteiger partial charge in [-0.15, -0.1) is 11.3 Å². The molecule has 2 N–H and O–H groups in total. The Balaban J connectivity index is 1.86. The fraction of sp³-hybridized carbons (Fsp3) is 0.267. The van der Waals surface area contributed by atoms with Crippen molar-refractivity contribution in [3.63, 3.8) is 0 Å². The van der Waals surface area contributed by atoms with E-state index in [9.17, 15) is 13.2 Å². The highest BCUT2D eigenvalue weighted by molar-refractivity contribution is 7.91. The van der Waals surface area contributed by atoms with Crippen molar-refractivity contribution >= 4 is 33.0 Å². The number of rotatable bonds is 8. The fourth-order valence-electron chi connectivity index (χ4n) is 1.85. The summed E-state index contributed by atoms with van der Waals surface area (Å²) < 4.78 is 31.9. The Bertz CT molecular complexity index is 743. The van der Waals surface area contributed by atoms with E-state index in [0.717, 1.165) is 11.3 Å². The smallest absolute Gasteiger partial charge is 0.250 e. The van der Waals surface area contributed by atoms with Crippen LogP contribution >= 0.6 is 11.3 Å². The number of anilines is 1. The van der Waals surface area contributed by atoms with E-state index in [1.54, 1.807) is 29.6 Å². The lowest BCUT2D eigenvalue weighted by atomic mass is 10.3. The lowest BCUT2D eigenvalue weighted by Gasteiger charge is -2.11. The van der Waals surface area contributed by atoms with E-state index in [1.807, 2.05) is 13.0 Å². The number of hydrogen-bond acceptors (Lipinski definition) is 5. The molecule has 1 amide bonds. The molecule has 1 heterocycles. The average Bonchev–Trinajstić information content (AvgIpc) is 3.04. The minimum absolute atomic E-state index is 0.0306. The van der Waals surface area contributed by atoms with Crippen LogP contribution in [-0.2, 0) is 14.8 Å². The largest absolute Gasteiger partial charge is 0.492 e. The molecule has 0 spiro atoms.